The fourth-order valence-electron chi connectivity index (χ4n) is 1.42. The van der Waals surface area contributed by atoms with Crippen LogP contribution in [0.1, 0.15) is 27.7 Å². The molecular weight excluding hydrogens is 180 g/mol. The Morgan fingerprint density at radius 2 is 2.14 bits per heavy atom. The average Bonchev–Trinajstić information content (AvgIpc) is 2.01. The van der Waals surface area contributed by atoms with E-state index in [2.05, 4.69) is 5.32 Å². The second-order valence-electron chi connectivity index (χ2n) is 4.80. The highest BCUT2D eigenvalue weighted by Crippen LogP contribution is 2.08. The minimum absolute atomic E-state index is 0.00769. The first-order valence-electron chi connectivity index (χ1n) is 5.07. The number of carbonyl (C=O) groups excluding carboxylic acids is 1. The molecule has 0 aliphatic carbocycles. The maximum absolute atomic E-state index is 11.8. The monoisotopic (exact) mass is 200 g/mol. The lowest BCUT2D eigenvalue weighted by molar-refractivity contribution is 0.0177. The third-order valence-corrected chi connectivity index (χ3v) is 2.11. The van der Waals surface area contributed by atoms with Crippen LogP contribution in [0.4, 0.5) is 4.79 Å². The number of rotatable bonds is 0. The maximum Gasteiger partial charge on any atom is 0.318 e. The summed E-state index contributed by atoms with van der Waals surface area (Å²) in [7, 11) is 0. The lowest BCUT2D eigenvalue weighted by Gasteiger charge is -2.35. The largest absolute Gasteiger partial charge is 0.377 e. The van der Waals surface area contributed by atoms with Crippen molar-refractivity contribution in [2.75, 3.05) is 19.8 Å². The number of hydrogen-bond acceptors (Lipinski definition) is 2. The highest BCUT2D eigenvalue weighted by molar-refractivity contribution is 5.75. The van der Waals surface area contributed by atoms with Gasteiger partial charge in [0, 0.05) is 12.1 Å². The highest BCUT2D eigenvalue weighted by Gasteiger charge is 2.26. The number of carbonyl (C=O) groups is 1. The molecule has 0 aromatic rings. The Kier molecular flexibility index (Phi) is 3.37. The lowest BCUT2D eigenvalue weighted by Crippen LogP contribution is -2.55. The van der Waals surface area contributed by atoms with Crippen LogP contribution in [0.15, 0.2) is 0 Å². The van der Waals surface area contributed by atoms with Crippen LogP contribution >= 0.6 is 0 Å². The first-order valence-corrected chi connectivity index (χ1v) is 5.07. The van der Waals surface area contributed by atoms with E-state index in [0.29, 0.717) is 19.8 Å². The fraction of sp³-hybridized carbons (Fsp3) is 0.900. The third-order valence-electron chi connectivity index (χ3n) is 2.11. The minimum Gasteiger partial charge on any atom is -0.377 e. The number of urea groups is 1. The van der Waals surface area contributed by atoms with Crippen molar-refractivity contribution in [3.63, 3.8) is 0 Å². The molecule has 1 atom stereocenters. The van der Waals surface area contributed by atoms with E-state index in [4.69, 9.17) is 4.74 Å². The summed E-state index contributed by atoms with van der Waals surface area (Å²) in [5, 5.41) is 2.95. The number of nitrogens with one attached hydrogen (secondary N) is 1. The molecule has 1 rings (SSSR count). The Morgan fingerprint density at radius 3 is 2.64 bits per heavy atom. The first kappa shape index (κ1) is 11.3. The second kappa shape index (κ2) is 4.17. The van der Waals surface area contributed by atoms with Crippen LogP contribution in [0.5, 0.6) is 0 Å². The van der Waals surface area contributed by atoms with Crippen molar-refractivity contribution in [2.45, 2.75) is 39.3 Å². The molecule has 82 valence electrons. The Balaban J connectivity index is 2.50. The van der Waals surface area contributed by atoms with E-state index in [0.717, 1.165) is 0 Å². The van der Waals surface area contributed by atoms with Crippen LogP contribution in [0, 0.1) is 0 Å². The summed E-state index contributed by atoms with van der Waals surface area (Å²) in [6, 6.07) is 0.180. The Bertz CT molecular complexity index is 211. The SMILES string of the molecule is CC1COCCN1C(=O)NC(C)(C)C. The summed E-state index contributed by atoms with van der Waals surface area (Å²) in [4.78, 5) is 13.6. The van der Waals surface area contributed by atoms with Crippen LogP contribution in [0.2, 0.25) is 0 Å². The zero-order chi connectivity index (χ0) is 10.8. The summed E-state index contributed by atoms with van der Waals surface area (Å²) in [6.45, 7) is 9.91. The standard InChI is InChI=1S/C10H20N2O2/c1-8-7-14-6-5-12(8)9(13)11-10(2,3)4/h8H,5-7H2,1-4H3,(H,11,13). The van der Waals surface area contributed by atoms with Gasteiger partial charge in [0.1, 0.15) is 0 Å². The highest BCUT2D eigenvalue weighted by atomic mass is 16.5. The van der Waals surface area contributed by atoms with Crippen LogP contribution in [0.3, 0.4) is 0 Å². The lowest BCUT2D eigenvalue weighted by atomic mass is 10.1. The molecule has 0 aromatic carbocycles. The number of nitrogens with zero attached hydrogens (tertiary/aromatic N) is 1. The van der Waals surface area contributed by atoms with Gasteiger partial charge < -0.3 is 15.0 Å². The predicted octanol–water partition coefficient (Wildman–Crippen LogP) is 1.22. The smallest absolute Gasteiger partial charge is 0.318 e. The molecule has 0 saturated carbocycles. The molecule has 1 aliphatic rings. The number of ether oxygens (including phenoxy) is 1. The molecule has 0 spiro atoms. The molecule has 14 heavy (non-hydrogen) atoms. The summed E-state index contributed by atoms with van der Waals surface area (Å²) >= 11 is 0. The molecule has 1 fully saturated rings. The third kappa shape index (κ3) is 3.18. The normalized spacial score (nSPS) is 23.4. The van der Waals surface area contributed by atoms with E-state index in [9.17, 15) is 4.79 Å². The Morgan fingerprint density at radius 1 is 1.50 bits per heavy atom. The van der Waals surface area contributed by atoms with Gasteiger partial charge in [-0.3, -0.25) is 0 Å². The molecule has 4 heteroatoms. The van der Waals surface area contributed by atoms with Gasteiger partial charge in [-0.15, -0.1) is 0 Å². The van der Waals surface area contributed by atoms with E-state index < -0.39 is 0 Å². The van der Waals surface area contributed by atoms with Crippen molar-refractivity contribution in [1.82, 2.24) is 10.2 Å². The summed E-state index contributed by atoms with van der Waals surface area (Å²) in [5.74, 6) is 0. The van der Waals surface area contributed by atoms with E-state index in [1.165, 1.54) is 0 Å². The first-order chi connectivity index (χ1) is 6.40. The van der Waals surface area contributed by atoms with Crippen molar-refractivity contribution >= 4 is 6.03 Å². The molecule has 1 aliphatic heterocycles. The molecule has 1 heterocycles. The number of hydrogen-bond donors (Lipinski definition) is 1. The van der Waals surface area contributed by atoms with Crippen LogP contribution in [-0.4, -0.2) is 42.3 Å². The van der Waals surface area contributed by atoms with Crippen LogP contribution in [0.25, 0.3) is 0 Å². The van der Waals surface area contributed by atoms with Gasteiger partial charge in [-0.1, -0.05) is 0 Å². The van der Waals surface area contributed by atoms with E-state index in [-0.39, 0.29) is 17.6 Å². The predicted molar refractivity (Wildman–Crippen MR) is 55.3 cm³/mol. The Labute approximate surface area is 85.6 Å². The maximum atomic E-state index is 11.8. The van der Waals surface area contributed by atoms with Crippen molar-refractivity contribution in [2.24, 2.45) is 0 Å². The van der Waals surface area contributed by atoms with Crippen molar-refractivity contribution in [1.29, 1.82) is 0 Å². The summed E-state index contributed by atoms with van der Waals surface area (Å²) in [6.07, 6.45) is 0. The van der Waals surface area contributed by atoms with E-state index >= 15 is 0 Å². The average molecular weight is 200 g/mol. The molecular formula is C10H20N2O2. The number of morpholine rings is 1. The minimum atomic E-state index is -0.172. The van der Waals surface area contributed by atoms with Gasteiger partial charge >= 0.3 is 6.03 Å². The van der Waals surface area contributed by atoms with Crippen molar-refractivity contribution in [3.05, 3.63) is 0 Å². The number of amides is 2. The molecule has 1 saturated heterocycles. The quantitative estimate of drug-likeness (QED) is 0.638. The van der Waals surface area contributed by atoms with Gasteiger partial charge in [-0.25, -0.2) is 4.79 Å². The topological polar surface area (TPSA) is 41.6 Å². The molecule has 0 aromatic heterocycles. The van der Waals surface area contributed by atoms with Crippen LogP contribution in [-0.2, 0) is 4.74 Å². The molecule has 1 unspecified atom stereocenters. The zero-order valence-electron chi connectivity index (χ0n) is 9.46. The van der Waals surface area contributed by atoms with Crippen LogP contribution < -0.4 is 5.32 Å². The van der Waals surface area contributed by atoms with Gasteiger partial charge in [0.25, 0.3) is 0 Å². The van der Waals surface area contributed by atoms with Gasteiger partial charge in [-0.05, 0) is 27.7 Å². The molecule has 2 amide bonds. The summed E-state index contributed by atoms with van der Waals surface area (Å²) in [5.41, 5.74) is -0.172. The zero-order valence-corrected chi connectivity index (χ0v) is 9.46. The molecule has 1 N–H and O–H groups in total. The van der Waals surface area contributed by atoms with Gasteiger partial charge in [0.15, 0.2) is 0 Å². The van der Waals surface area contributed by atoms with Gasteiger partial charge in [-0.2, -0.15) is 0 Å². The van der Waals surface area contributed by atoms with Gasteiger partial charge in [0.05, 0.1) is 19.3 Å². The molecule has 4 nitrogen and oxygen atoms in total. The van der Waals surface area contributed by atoms with E-state index in [1.807, 2.05) is 32.6 Å². The fourth-order valence-corrected chi connectivity index (χ4v) is 1.42. The molecule has 0 radical (unpaired) electrons. The van der Waals surface area contributed by atoms with Crippen molar-refractivity contribution < 1.29 is 9.53 Å². The summed E-state index contributed by atoms with van der Waals surface area (Å²) < 4.78 is 5.27. The Hall–Kier alpha value is -0.770. The second-order valence-corrected chi connectivity index (χ2v) is 4.80. The van der Waals surface area contributed by atoms with E-state index in [1.54, 1.807) is 0 Å². The van der Waals surface area contributed by atoms with Crippen molar-refractivity contribution in [3.8, 4) is 0 Å². The van der Waals surface area contributed by atoms with Gasteiger partial charge in [0.2, 0.25) is 0 Å². The molecule has 0 bridgehead atoms.